The number of hydrogen-bond acceptors (Lipinski definition) is 2. The van der Waals surface area contributed by atoms with E-state index in [1.54, 1.807) is 18.2 Å². The van der Waals surface area contributed by atoms with Crippen molar-refractivity contribution in [3.05, 3.63) is 29.0 Å². The Kier molecular flexibility index (Phi) is 12.1. The molecule has 0 bridgehead atoms. The SMILES string of the molecule is On1ccccc1=S.[O-2].[O-2].[Zn]. The topological polar surface area (TPSA) is 82.2 Å². The predicted octanol–water partition coefficient (Wildman–Crippen LogP) is 1.21. The van der Waals surface area contributed by atoms with Crippen LogP contribution in [0.25, 0.3) is 0 Å². The zero-order chi connectivity index (χ0) is 5.98. The summed E-state index contributed by atoms with van der Waals surface area (Å²) >= 11 is 4.67. The van der Waals surface area contributed by atoms with Crippen molar-refractivity contribution in [3.63, 3.8) is 0 Å². The first-order valence-electron chi connectivity index (χ1n) is 2.17. The van der Waals surface area contributed by atoms with Gasteiger partial charge in [-0.1, -0.05) is 18.3 Å². The second kappa shape index (κ2) is 7.82. The molecule has 1 rings (SSSR count). The van der Waals surface area contributed by atoms with Crippen LogP contribution >= 0.6 is 12.2 Å². The fourth-order valence-electron chi connectivity index (χ4n) is 0.419. The van der Waals surface area contributed by atoms with Crippen molar-refractivity contribution >= 4 is 12.2 Å². The third kappa shape index (κ3) is 5.04. The minimum absolute atomic E-state index is 0. The van der Waals surface area contributed by atoms with Gasteiger partial charge in [-0.3, -0.25) is 0 Å². The average molecular weight is 225 g/mol. The molecule has 0 unspecified atom stereocenters. The summed E-state index contributed by atoms with van der Waals surface area (Å²) < 4.78 is 1.32. The van der Waals surface area contributed by atoms with Crippen LogP contribution in [0.2, 0.25) is 0 Å². The minimum Gasteiger partial charge on any atom is -2.00 e. The number of aromatic nitrogens is 1. The van der Waals surface area contributed by atoms with E-state index in [4.69, 9.17) is 5.21 Å². The van der Waals surface area contributed by atoms with Gasteiger partial charge >= 0.3 is 0 Å². The second-order valence-electron chi connectivity index (χ2n) is 1.38. The summed E-state index contributed by atoms with van der Waals surface area (Å²) in [6.07, 6.45) is 1.49. The van der Waals surface area contributed by atoms with E-state index in [0.717, 1.165) is 4.73 Å². The average Bonchev–Trinajstić information content (AvgIpc) is 1.77. The molecule has 0 spiro atoms. The van der Waals surface area contributed by atoms with Crippen molar-refractivity contribution in [2.45, 2.75) is 0 Å². The molecular formula is C5H5NO3SZn-4. The van der Waals surface area contributed by atoms with E-state index >= 15 is 0 Å². The van der Waals surface area contributed by atoms with Gasteiger partial charge in [-0.2, -0.15) is 4.73 Å². The fraction of sp³-hybridized carbons (Fsp3) is 0. The number of hydrogen-bond donors (Lipinski definition) is 1. The van der Waals surface area contributed by atoms with Gasteiger partial charge in [0.15, 0.2) is 0 Å². The van der Waals surface area contributed by atoms with Gasteiger partial charge in [0.2, 0.25) is 0 Å². The Balaban J connectivity index is -0.000000213. The van der Waals surface area contributed by atoms with Gasteiger partial charge in [0.05, 0.1) is 0 Å². The summed E-state index contributed by atoms with van der Waals surface area (Å²) in [6, 6.07) is 5.13. The van der Waals surface area contributed by atoms with E-state index in [-0.39, 0.29) is 30.4 Å². The monoisotopic (exact) mass is 223 g/mol. The summed E-state index contributed by atoms with van der Waals surface area (Å²) in [5, 5.41) is 8.73. The Morgan fingerprint density at radius 3 is 2.09 bits per heavy atom. The van der Waals surface area contributed by atoms with Gasteiger partial charge in [0.25, 0.3) is 0 Å². The van der Waals surface area contributed by atoms with Crippen LogP contribution in [-0.4, -0.2) is 9.94 Å². The molecule has 0 aromatic carbocycles. The zero-order valence-corrected chi connectivity index (χ0v) is 9.42. The van der Waals surface area contributed by atoms with Gasteiger partial charge in [0, 0.05) is 25.7 Å². The first kappa shape index (κ1) is 17.0. The smallest absolute Gasteiger partial charge is 0.142 e. The number of nitrogens with zero attached hydrogens (tertiary/aromatic N) is 1. The molecule has 0 amide bonds. The molecule has 11 heavy (non-hydrogen) atoms. The maximum Gasteiger partial charge on any atom is 0.142 e. The normalized spacial score (nSPS) is 6.55. The van der Waals surface area contributed by atoms with Crippen molar-refractivity contribution in [1.82, 2.24) is 4.73 Å². The Hall–Kier alpha value is -0.287. The molecule has 1 aromatic heterocycles. The minimum atomic E-state index is 0. The summed E-state index contributed by atoms with van der Waals surface area (Å²) in [5.74, 6) is 0. The molecular weight excluding hydrogens is 220 g/mol. The van der Waals surface area contributed by atoms with Crippen LogP contribution in [0.4, 0.5) is 0 Å². The van der Waals surface area contributed by atoms with E-state index in [9.17, 15) is 0 Å². The van der Waals surface area contributed by atoms with Crippen molar-refractivity contribution in [2.24, 2.45) is 0 Å². The number of rotatable bonds is 0. The summed E-state index contributed by atoms with van der Waals surface area (Å²) in [5.41, 5.74) is 0. The maximum atomic E-state index is 8.73. The van der Waals surface area contributed by atoms with Crippen molar-refractivity contribution in [1.29, 1.82) is 0 Å². The Morgan fingerprint density at radius 1 is 1.27 bits per heavy atom. The van der Waals surface area contributed by atoms with Gasteiger partial charge < -0.3 is 16.2 Å². The molecule has 0 saturated heterocycles. The van der Waals surface area contributed by atoms with Gasteiger partial charge in [-0.25, -0.2) is 0 Å². The summed E-state index contributed by atoms with van der Waals surface area (Å²) in [6.45, 7) is 0. The molecule has 0 radical (unpaired) electrons. The molecule has 4 nitrogen and oxygen atoms in total. The van der Waals surface area contributed by atoms with Gasteiger partial charge in [-0.15, -0.1) is 0 Å². The van der Waals surface area contributed by atoms with Crippen LogP contribution in [0, 0.1) is 4.64 Å². The number of pyridine rings is 1. The molecule has 6 heteroatoms. The first-order valence-corrected chi connectivity index (χ1v) is 2.58. The molecule has 0 atom stereocenters. The summed E-state index contributed by atoms with van der Waals surface area (Å²) in [7, 11) is 0. The van der Waals surface area contributed by atoms with Crippen LogP contribution in [0.3, 0.4) is 0 Å². The third-order valence-corrected chi connectivity index (χ3v) is 1.13. The van der Waals surface area contributed by atoms with E-state index in [1.807, 2.05) is 0 Å². The molecule has 0 aliphatic carbocycles. The molecule has 0 aliphatic heterocycles. The van der Waals surface area contributed by atoms with Crippen molar-refractivity contribution in [2.75, 3.05) is 0 Å². The standard InChI is InChI=1S/C5H5NOS.2O.Zn/c7-6-4-2-1-3-5(6)8;;;/h1-4,7H;;;/q;2*-2;. The molecule has 1 aromatic rings. The van der Waals surface area contributed by atoms with Crippen molar-refractivity contribution < 1.29 is 35.6 Å². The van der Waals surface area contributed by atoms with Crippen LogP contribution in [0.1, 0.15) is 0 Å². The van der Waals surface area contributed by atoms with Gasteiger partial charge in [-0.05, 0) is 12.1 Å². The third-order valence-electron chi connectivity index (χ3n) is 0.803. The maximum absolute atomic E-state index is 8.73. The second-order valence-corrected chi connectivity index (χ2v) is 1.80. The van der Waals surface area contributed by atoms with E-state index in [1.165, 1.54) is 6.20 Å². The van der Waals surface area contributed by atoms with Crippen LogP contribution < -0.4 is 0 Å². The molecule has 1 N–H and O–H groups in total. The van der Waals surface area contributed by atoms with E-state index in [0.29, 0.717) is 4.64 Å². The Labute approximate surface area is 81.8 Å². The molecule has 0 fully saturated rings. The molecule has 1 heterocycles. The van der Waals surface area contributed by atoms with Crippen LogP contribution in [0.15, 0.2) is 24.4 Å². The van der Waals surface area contributed by atoms with Crippen molar-refractivity contribution in [3.8, 4) is 0 Å². The fourth-order valence-corrected chi connectivity index (χ4v) is 0.558. The molecule has 0 saturated carbocycles. The first-order chi connectivity index (χ1) is 3.80. The van der Waals surface area contributed by atoms with E-state index in [2.05, 4.69) is 12.2 Å². The van der Waals surface area contributed by atoms with Gasteiger partial charge in [0.1, 0.15) is 4.64 Å². The van der Waals surface area contributed by atoms with E-state index < -0.39 is 0 Å². The molecule has 60 valence electrons. The predicted molar refractivity (Wildman–Crippen MR) is 33.8 cm³/mol. The zero-order valence-electron chi connectivity index (χ0n) is 5.64. The Bertz CT molecular complexity index is 239. The molecule has 0 aliphatic rings. The summed E-state index contributed by atoms with van der Waals surface area (Å²) in [4.78, 5) is 0. The van der Waals surface area contributed by atoms with Crippen LogP contribution in [-0.2, 0) is 30.4 Å². The Morgan fingerprint density at radius 2 is 1.82 bits per heavy atom. The quantitative estimate of drug-likeness (QED) is 0.408. The largest absolute Gasteiger partial charge is 2.00 e. The van der Waals surface area contributed by atoms with Crippen LogP contribution in [0.5, 0.6) is 0 Å².